The molecule has 12 nitrogen and oxygen atoms in total. The maximum Gasteiger partial charge on any atom is 0.263 e. The maximum absolute atomic E-state index is 14.5. The lowest BCUT2D eigenvalue weighted by Gasteiger charge is -2.48. The van der Waals surface area contributed by atoms with Crippen molar-refractivity contribution in [3.8, 4) is 16.9 Å². The second-order valence-electron chi connectivity index (χ2n) is 11.2. The van der Waals surface area contributed by atoms with E-state index >= 15 is 0 Å². The van der Waals surface area contributed by atoms with Crippen LogP contribution in [0.15, 0.2) is 41.7 Å². The summed E-state index contributed by atoms with van der Waals surface area (Å²) in [6.07, 6.45) is 5.42. The smallest absolute Gasteiger partial charge is 0.263 e. The highest BCUT2D eigenvalue weighted by molar-refractivity contribution is 6.33. The number of carbonyl (C=O) groups excluding carboxylic acids is 2. The van der Waals surface area contributed by atoms with Gasteiger partial charge in [0.1, 0.15) is 18.0 Å². The largest absolute Gasteiger partial charge is 0.504 e. The van der Waals surface area contributed by atoms with Gasteiger partial charge in [-0.2, -0.15) is 0 Å². The molecule has 0 saturated carbocycles. The first kappa shape index (κ1) is 27.7. The lowest BCUT2D eigenvalue weighted by Crippen LogP contribution is -2.57. The first-order valence-electron chi connectivity index (χ1n) is 13.2. The molecule has 14 heteroatoms. The minimum Gasteiger partial charge on any atom is -0.504 e. The fourth-order valence-electron chi connectivity index (χ4n) is 5.93. The number of anilines is 2. The first-order chi connectivity index (χ1) is 19.9. The number of fused-ring (bicyclic) bond motifs is 1. The Morgan fingerprint density at radius 1 is 1.19 bits per heavy atom. The molecule has 0 aliphatic carbocycles. The van der Waals surface area contributed by atoms with E-state index in [1.807, 2.05) is 0 Å². The molecule has 0 atom stereocenters. The third-order valence-corrected chi connectivity index (χ3v) is 8.31. The van der Waals surface area contributed by atoms with Gasteiger partial charge in [-0.25, -0.2) is 14.4 Å². The predicted molar refractivity (Wildman–Crippen MR) is 155 cm³/mol. The van der Waals surface area contributed by atoms with Crippen molar-refractivity contribution >= 4 is 46.0 Å². The summed E-state index contributed by atoms with van der Waals surface area (Å²) in [4.78, 5) is 51.4. The van der Waals surface area contributed by atoms with Crippen LogP contribution in [0.1, 0.15) is 16.8 Å². The minimum atomic E-state index is -1.09. The van der Waals surface area contributed by atoms with Gasteiger partial charge in [-0.1, -0.05) is 11.6 Å². The molecule has 0 bridgehead atoms. The van der Waals surface area contributed by atoms with Gasteiger partial charge in [-0.15, -0.1) is 0 Å². The number of hydrogen-bond acceptors (Lipinski definition) is 8. The Hall–Kier alpha value is -4.49. The van der Waals surface area contributed by atoms with E-state index in [-0.39, 0.29) is 39.1 Å². The van der Waals surface area contributed by atoms with Crippen molar-refractivity contribution < 1.29 is 19.1 Å². The number of rotatable bonds is 6. The van der Waals surface area contributed by atoms with Crippen LogP contribution in [-0.2, 0) is 18.4 Å². The zero-order chi connectivity index (χ0) is 29.9. The maximum atomic E-state index is 14.5. The van der Waals surface area contributed by atoms with Gasteiger partial charge in [-0.3, -0.25) is 14.4 Å². The number of aromatic nitrogens is 4. The molecule has 0 unspecified atom stereocenters. The van der Waals surface area contributed by atoms with Gasteiger partial charge < -0.3 is 35.1 Å². The molecular weight excluding hydrogens is 567 g/mol. The van der Waals surface area contributed by atoms with Crippen molar-refractivity contribution in [2.45, 2.75) is 13.0 Å². The van der Waals surface area contributed by atoms with Crippen LogP contribution < -0.4 is 21.5 Å². The molecule has 5 heterocycles. The number of hydrogen-bond donors (Lipinski definition) is 3. The van der Waals surface area contributed by atoms with Crippen molar-refractivity contribution in [3.05, 3.63) is 63.7 Å². The monoisotopic (exact) mass is 594 g/mol. The van der Waals surface area contributed by atoms with E-state index in [1.54, 1.807) is 6.07 Å². The van der Waals surface area contributed by atoms with E-state index in [0.717, 1.165) is 38.7 Å². The molecule has 6 rings (SSSR count). The Balaban J connectivity index is 1.29. The van der Waals surface area contributed by atoms with Crippen LogP contribution in [0, 0.1) is 11.2 Å². The van der Waals surface area contributed by atoms with Crippen LogP contribution in [0.4, 0.5) is 15.9 Å². The van der Waals surface area contributed by atoms with Crippen LogP contribution in [0.3, 0.4) is 0 Å². The number of amides is 2. The Morgan fingerprint density at radius 3 is 2.64 bits per heavy atom. The standard InChI is InChI=1S/C28H28ClFN8O4/c1-35-4-3-28(11-35)12-38(13-28)21-7-20(18(29)8-32-21)34-22(39)10-37-9-17(23-26(37)33-14-36(2)27(23)42)15-5-16(25(31)41)24(40)19(30)6-15/h5-9,14,40H,3-4,10-13H2,1-2H3,(H2,31,41)(H,32,34,39). The molecule has 1 aromatic carbocycles. The Labute approximate surface area is 244 Å². The number of benzene rings is 1. The molecule has 2 aliphatic heterocycles. The number of pyridine rings is 1. The summed E-state index contributed by atoms with van der Waals surface area (Å²) in [6, 6.07) is 3.91. The Morgan fingerprint density at radius 2 is 1.95 bits per heavy atom. The third-order valence-electron chi connectivity index (χ3n) is 8.01. The number of likely N-dealkylation sites (tertiary alicyclic amines) is 1. The zero-order valence-electron chi connectivity index (χ0n) is 22.9. The van der Waals surface area contributed by atoms with Crippen LogP contribution in [0.2, 0.25) is 5.02 Å². The van der Waals surface area contributed by atoms with Gasteiger partial charge in [0.05, 0.1) is 34.2 Å². The summed E-state index contributed by atoms with van der Waals surface area (Å²) in [5.41, 5.74) is 5.57. The number of halogens is 2. The number of aryl methyl sites for hydroxylation is 1. The summed E-state index contributed by atoms with van der Waals surface area (Å²) >= 11 is 6.37. The highest BCUT2D eigenvalue weighted by Crippen LogP contribution is 2.41. The molecule has 42 heavy (non-hydrogen) atoms. The highest BCUT2D eigenvalue weighted by atomic mass is 35.5. The van der Waals surface area contributed by atoms with E-state index in [9.17, 15) is 23.9 Å². The fourth-order valence-corrected chi connectivity index (χ4v) is 6.08. The van der Waals surface area contributed by atoms with E-state index in [0.29, 0.717) is 11.5 Å². The van der Waals surface area contributed by atoms with Gasteiger partial charge in [0.2, 0.25) is 5.91 Å². The lowest BCUT2D eigenvalue weighted by molar-refractivity contribution is -0.116. The number of nitrogens with one attached hydrogen (secondary N) is 1. The van der Waals surface area contributed by atoms with Crippen LogP contribution >= 0.6 is 11.6 Å². The molecule has 2 saturated heterocycles. The van der Waals surface area contributed by atoms with Crippen molar-refractivity contribution in [1.82, 2.24) is 24.0 Å². The van der Waals surface area contributed by atoms with Crippen LogP contribution in [0.25, 0.3) is 22.2 Å². The molecule has 2 aliphatic rings. The topological polar surface area (TPSA) is 152 Å². The van der Waals surface area contributed by atoms with Gasteiger partial charge in [-0.05, 0) is 37.7 Å². The van der Waals surface area contributed by atoms with E-state index in [1.165, 1.54) is 41.0 Å². The normalized spacial score (nSPS) is 16.2. The second-order valence-corrected chi connectivity index (χ2v) is 11.6. The van der Waals surface area contributed by atoms with Gasteiger partial charge in [0.25, 0.3) is 11.5 Å². The molecule has 3 aromatic heterocycles. The van der Waals surface area contributed by atoms with Crippen LogP contribution in [0.5, 0.6) is 5.75 Å². The SMILES string of the molecule is CN1CCC2(C1)CN(c1cc(NC(=O)Cn3cc(-c4cc(F)c(O)c(C(N)=O)c4)c4c(=O)n(C)cnc43)c(Cl)cn1)C2. The van der Waals surface area contributed by atoms with Crippen molar-refractivity contribution in [3.63, 3.8) is 0 Å². The molecule has 4 N–H and O–H groups in total. The van der Waals surface area contributed by atoms with Crippen molar-refractivity contribution in [2.75, 3.05) is 43.4 Å². The fraction of sp³-hybridized carbons (Fsp3) is 0.321. The molecular formula is C28H28ClFN8O4. The molecule has 2 fully saturated rings. The minimum absolute atomic E-state index is 0.0989. The van der Waals surface area contributed by atoms with Crippen molar-refractivity contribution in [2.24, 2.45) is 18.2 Å². The average molecular weight is 595 g/mol. The highest BCUT2D eigenvalue weighted by Gasteiger charge is 2.47. The number of nitrogens with zero attached hydrogens (tertiary/aromatic N) is 6. The summed E-state index contributed by atoms with van der Waals surface area (Å²) < 4.78 is 17.2. The van der Waals surface area contributed by atoms with E-state index in [2.05, 4.69) is 32.1 Å². The number of aromatic hydroxyl groups is 1. The Kier molecular flexibility index (Phi) is 6.65. The predicted octanol–water partition coefficient (Wildman–Crippen LogP) is 2.17. The lowest BCUT2D eigenvalue weighted by atomic mass is 9.79. The van der Waals surface area contributed by atoms with Crippen molar-refractivity contribution in [1.29, 1.82) is 0 Å². The third kappa shape index (κ3) is 4.73. The number of nitrogens with two attached hydrogens (primary N) is 1. The molecule has 1 spiro atoms. The van der Waals surface area contributed by atoms with E-state index < -0.39 is 34.5 Å². The summed E-state index contributed by atoms with van der Waals surface area (Å²) in [5, 5.41) is 13.1. The summed E-state index contributed by atoms with van der Waals surface area (Å²) in [7, 11) is 3.63. The molecule has 4 aromatic rings. The van der Waals surface area contributed by atoms with Gasteiger partial charge >= 0.3 is 0 Å². The van der Waals surface area contributed by atoms with Gasteiger partial charge in [0, 0.05) is 49.9 Å². The molecule has 218 valence electrons. The molecule has 2 amide bonds. The van der Waals surface area contributed by atoms with Crippen LogP contribution in [-0.4, -0.2) is 74.1 Å². The molecule has 0 radical (unpaired) electrons. The van der Waals surface area contributed by atoms with Gasteiger partial charge in [0.15, 0.2) is 11.6 Å². The van der Waals surface area contributed by atoms with E-state index in [4.69, 9.17) is 17.3 Å². The first-order valence-corrected chi connectivity index (χ1v) is 13.6. The quantitative estimate of drug-likeness (QED) is 0.307. The average Bonchev–Trinajstić information content (AvgIpc) is 3.49. The Bertz CT molecular complexity index is 1830. The summed E-state index contributed by atoms with van der Waals surface area (Å²) in [6.45, 7) is 3.63. The second kappa shape index (κ2) is 10.1. The number of phenols is 1. The number of carbonyl (C=O) groups is 2. The summed E-state index contributed by atoms with van der Waals surface area (Å²) in [5.74, 6) is -2.75. The number of primary amides is 1. The zero-order valence-corrected chi connectivity index (χ0v) is 23.7.